The summed E-state index contributed by atoms with van der Waals surface area (Å²) >= 11 is 0. The van der Waals surface area contributed by atoms with Crippen LogP contribution < -0.4 is 5.32 Å². The van der Waals surface area contributed by atoms with Gasteiger partial charge in [0.05, 0.1) is 12.5 Å². The largest absolute Gasteiger partial charge is 0.394 e. The summed E-state index contributed by atoms with van der Waals surface area (Å²) in [5, 5.41) is 13.5. The molecule has 2 aliphatic rings. The standard InChI is InChI=1S/C20H27N3O2/c1-11(10-24)21-20(25)13-7-16-14-5-4-6-17-19(14)15(12(2)22-17)8-18(16)23(3)9-13/h4-6,11,13,16,18,22,24H,7-10H2,1-3H3,(H,21,25)/t11?,13?,16?,18-/m1/s1. The zero-order valence-electron chi connectivity index (χ0n) is 15.2. The van der Waals surface area contributed by atoms with Crippen molar-refractivity contribution in [2.75, 3.05) is 20.2 Å². The lowest BCUT2D eigenvalue weighted by Gasteiger charge is -2.45. The van der Waals surface area contributed by atoms with Gasteiger partial charge in [-0.1, -0.05) is 12.1 Å². The number of aromatic amines is 1. The van der Waals surface area contributed by atoms with E-state index in [1.54, 1.807) is 0 Å². The van der Waals surface area contributed by atoms with E-state index in [0.29, 0.717) is 12.0 Å². The minimum absolute atomic E-state index is 0.0222. The summed E-state index contributed by atoms with van der Waals surface area (Å²) in [6.45, 7) is 4.75. The molecule has 2 heterocycles. The summed E-state index contributed by atoms with van der Waals surface area (Å²) < 4.78 is 0. The van der Waals surface area contributed by atoms with Crippen LogP contribution in [0.25, 0.3) is 10.9 Å². The molecule has 1 aromatic carbocycles. The minimum Gasteiger partial charge on any atom is -0.394 e. The molecular formula is C20H27N3O2. The number of benzene rings is 1. The van der Waals surface area contributed by atoms with Crippen molar-refractivity contribution >= 4 is 16.8 Å². The average Bonchev–Trinajstić information content (AvgIpc) is 2.92. The van der Waals surface area contributed by atoms with Crippen LogP contribution in [0.3, 0.4) is 0 Å². The molecule has 1 aliphatic carbocycles. The monoisotopic (exact) mass is 341 g/mol. The maximum absolute atomic E-state index is 12.6. The number of carbonyl (C=O) groups excluding carboxylic acids is 1. The SMILES string of the molecule is Cc1[nH]c2cccc3c2c1C[C@@H]1C3CC(C(=O)NC(C)CO)CN1C. The van der Waals surface area contributed by atoms with Crippen molar-refractivity contribution in [2.45, 2.75) is 44.7 Å². The van der Waals surface area contributed by atoms with Crippen LogP contribution >= 0.6 is 0 Å². The summed E-state index contributed by atoms with van der Waals surface area (Å²) in [4.78, 5) is 18.5. The van der Waals surface area contributed by atoms with Crippen LogP contribution in [0.5, 0.6) is 0 Å². The van der Waals surface area contributed by atoms with E-state index in [1.807, 2.05) is 6.92 Å². The highest BCUT2D eigenvalue weighted by atomic mass is 16.3. The van der Waals surface area contributed by atoms with E-state index in [0.717, 1.165) is 19.4 Å². The molecule has 4 rings (SSSR count). The number of piperidine rings is 1. The van der Waals surface area contributed by atoms with Crippen LogP contribution in [0.2, 0.25) is 0 Å². The second-order valence-corrected chi connectivity index (χ2v) is 7.84. The molecule has 1 amide bonds. The number of likely N-dealkylation sites (N-methyl/N-ethyl adjacent to an activating group) is 1. The molecule has 0 bridgehead atoms. The predicted molar refractivity (Wildman–Crippen MR) is 98.7 cm³/mol. The summed E-state index contributed by atoms with van der Waals surface area (Å²) in [5.41, 5.74) is 5.31. The molecule has 25 heavy (non-hydrogen) atoms. The normalized spacial score (nSPS) is 27.1. The number of hydrogen-bond acceptors (Lipinski definition) is 3. The zero-order valence-corrected chi connectivity index (χ0v) is 15.2. The number of hydrogen-bond donors (Lipinski definition) is 3. The van der Waals surface area contributed by atoms with Crippen LogP contribution in [0.4, 0.5) is 0 Å². The summed E-state index contributed by atoms with van der Waals surface area (Å²) in [6, 6.07) is 6.77. The second-order valence-electron chi connectivity index (χ2n) is 7.84. The fourth-order valence-electron chi connectivity index (χ4n) is 4.81. The first kappa shape index (κ1) is 16.6. The quantitative estimate of drug-likeness (QED) is 0.799. The Morgan fingerprint density at radius 1 is 1.48 bits per heavy atom. The van der Waals surface area contributed by atoms with Gasteiger partial charge in [-0.15, -0.1) is 0 Å². The van der Waals surface area contributed by atoms with E-state index in [1.165, 1.54) is 27.7 Å². The van der Waals surface area contributed by atoms with Crippen molar-refractivity contribution in [3.05, 3.63) is 35.0 Å². The molecule has 5 nitrogen and oxygen atoms in total. The first-order valence-corrected chi connectivity index (χ1v) is 9.21. The van der Waals surface area contributed by atoms with Gasteiger partial charge in [-0.25, -0.2) is 0 Å². The van der Waals surface area contributed by atoms with E-state index in [9.17, 15) is 9.90 Å². The number of carbonyl (C=O) groups is 1. The Balaban J connectivity index is 1.68. The van der Waals surface area contributed by atoms with Gasteiger partial charge in [0.15, 0.2) is 0 Å². The van der Waals surface area contributed by atoms with Gasteiger partial charge in [0.25, 0.3) is 0 Å². The molecule has 0 saturated carbocycles. The van der Waals surface area contributed by atoms with Gasteiger partial charge in [-0.3, -0.25) is 4.79 Å². The van der Waals surface area contributed by atoms with Gasteiger partial charge in [0, 0.05) is 41.1 Å². The maximum atomic E-state index is 12.6. The molecule has 1 aromatic heterocycles. The smallest absolute Gasteiger partial charge is 0.224 e. The van der Waals surface area contributed by atoms with Crippen LogP contribution in [0.15, 0.2) is 18.2 Å². The van der Waals surface area contributed by atoms with Crippen molar-refractivity contribution in [1.82, 2.24) is 15.2 Å². The van der Waals surface area contributed by atoms with E-state index in [-0.39, 0.29) is 24.5 Å². The molecular weight excluding hydrogens is 314 g/mol. The molecule has 3 N–H and O–H groups in total. The Bertz CT molecular complexity index is 813. The Labute approximate surface area is 148 Å². The highest BCUT2D eigenvalue weighted by Crippen LogP contribution is 2.45. The maximum Gasteiger partial charge on any atom is 0.224 e. The lowest BCUT2D eigenvalue weighted by Crippen LogP contribution is -2.52. The number of amides is 1. The zero-order chi connectivity index (χ0) is 17.7. The Morgan fingerprint density at radius 3 is 3.04 bits per heavy atom. The number of aliphatic hydroxyl groups is 1. The molecule has 1 fully saturated rings. The number of aromatic nitrogens is 1. The fraction of sp³-hybridized carbons (Fsp3) is 0.550. The van der Waals surface area contributed by atoms with Gasteiger partial charge in [-0.05, 0) is 50.9 Å². The molecule has 2 aromatic rings. The number of aliphatic hydroxyl groups excluding tert-OH is 1. The summed E-state index contributed by atoms with van der Waals surface area (Å²) in [5.74, 6) is 0.414. The third-order valence-electron chi connectivity index (χ3n) is 6.10. The van der Waals surface area contributed by atoms with E-state index < -0.39 is 0 Å². The topological polar surface area (TPSA) is 68.4 Å². The number of nitrogens with one attached hydrogen (secondary N) is 2. The van der Waals surface area contributed by atoms with Gasteiger partial charge >= 0.3 is 0 Å². The van der Waals surface area contributed by atoms with Crippen LogP contribution in [0, 0.1) is 12.8 Å². The molecule has 0 spiro atoms. The predicted octanol–water partition coefficient (Wildman–Crippen LogP) is 1.93. The molecule has 4 atom stereocenters. The van der Waals surface area contributed by atoms with Crippen LogP contribution in [-0.2, 0) is 11.2 Å². The van der Waals surface area contributed by atoms with Crippen molar-refractivity contribution < 1.29 is 9.90 Å². The lowest BCUT2D eigenvalue weighted by atomic mass is 9.72. The second kappa shape index (κ2) is 6.15. The first-order valence-electron chi connectivity index (χ1n) is 9.21. The van der Waals surface area contributed by atoms with Gasteiger partial charge in [0.1, 0.15) is 0 Å². The van der Waals surface area contributed by atoms with Crippen LogP contribution in [0.1, 0.15) is 36.1 Å². The van der Waals surface area contributed by atoms with E-state index >= 15 is 0 Å². The van der Waals surface area contributed by atoms with Gasteiger partial charge < -0.3 is 20.3 Å². The number of H-pyrrole nitrogens is 1. The number of fused-ring (bicyclic) bond motifs is 2. The number of nitrogens with zero attached hydrogens (tertiary/aromatic N) is 1. The van der Waals surface area contributed by atoms with Crippen LogP contribution in [-0.4, -0.2) is 53.2 Å². The van der Waals surface area contributed by atoms with Gasteiger partial charge in [0.2, 0.25) is 5.91 Å². The van der Waals surface area contributed by atoms with E-state index in [2.05, 4.69) is 47.4 Å². The molecule has 1 aliphatic heterocycles. The summed E-state index contributed by atoms with van der Waals surface area (Å²) in [7, 11) is 2.14. The Morgan fingerprint density at radius 2 is 2.28 bits per heavy atom. The fourth-order valence-corrected chi connectivity index (χ4v) is 4.81. The van der Waals surface area contributed by atoms with E-state index in [4.69, 9.17) is 0 Å². The molecule has 3 unspecified atom stereocenters. The van der Waals surface area contributed by atoms with Crippen molar-refractivity contribution in [2.24, 2.45) is 5.92 Å². The molecule has 5 heteroatoms. The number of aryl methyl sites for hydroxylation is 1. The highest BCUT2D eigenvalue weighted by molar-refractivity contribution is 5.90. The lowest BCUT2D eigenvalue weighted by molar-refractivity contribution is -0.128. The van der Waals surface area contributed by atoms with Crippen molar-refractivity contribution in [1.29, 1.82) is 0 Å². The first-order chi connectivity index (χ1) is 12.0. The Hall–Kier alpha value is -1.85. The highest BCUT2D eigenvalue weighted by Gasteiger charge is 2.41. The number of likely N-dealkylation sites (tertiary alicyclic amines) is 1. The Kier molecular flexibility index (Phi) is 4.08. The molecule has 134 valence electrons. The number of rotatable bonds is 3. The molecule has 1 saturated heterocycles. The molecule has 0 radical (unpaired) electrons. The third-order valence-corrected chi connectivity index (χ3v) is 6.10. The summed E-state index contributed by atoms with van der Waals surface area (Å²) in [6.07, 6.45) is 1.92. The minimum atomic E-state index is -0.191. The van der Waals surface area contributed by atoms with Gasteiger partial charge in [-0.2, -0.15) is 0 Å². The third kappa shape index (κ3) is 2.66. The average molecular weight is 341 g/mol. The van der Waals surface area contributed by atoms with Crippen molar-refractivity contribution in [3.63, 3.8) is 0 Å². The van der Waals surface area contributed by atoms with Crippen molar-refractivity contribution in [3.8, 4) is 0 Å².